The van der Waals surface area contributed by atoms with Crippen LogP contribution in [0.2, 0.25) is 0 Å². The van der Waals surface area contributed by atoms with Crippen LogP contribution in [0.15, 0.2) is 24.7 Å². The smallest absolute Gasteiger partial charge is 0.161 e. The van der Waals surface area contributed by atoms with E-state index >= 15 is 0 Å². The van der Waals surface area contributed by atoms with Crippen molar-refractivity contribution in [2.45, 2.75) is 13.8 Å². The summed E-state index contributed by atoms with van der Waals surface area (Å²) < 4.78 is 1.87. The number of imidazole rings is 1. The fourth-order valence-electron chi connectivity index (χ4n) is 1.50. The van der Waals surface area contributed by atoms with Gasteiger partial charge in [-0.2, -0.15) is 0 Å². The molecular formula is C10H10N2O. The van der Waals surface area contributed by atoms with E-state index in [-0.39, 0.29) is 5.78 Å². The van der Waals surface area contributed by atoms with Crippen LogP contribution in [-0.4, -0.2) is 15.2 Å². The van der Waals surface area contributed by atoms with Crippen molar-refractivity contribution >= 4 is 11.3 Å². The van der Waals surface area contributed by atoms with E-state index in [9.17, 15) is 4.79 Å². The predicted molar refractivity (Wildman–Crippen MR) is 49.9 cm³/mol. The zero-order chi connectivity index (χ0) is 9.42. The molecule has 0 amide bonds. The normalized spacial score (nSPS) is 10.6. The predicted octanol–water partition coefficient (Wildman–Crippen LogP) is 1.85. The van der Waals surface area contributed by atoms with Crippen molar-refractivity contribution in [1.82, 2.24) is 9.38 Å². The lowest BCUT2D eigenvalue weighted by Crippen LogP contribution is -1.96. The van der Waals surface area contributed by atoms with E-state index in [4.69, 9.17) is 0 Å². The molecule has 0 atom stereocenters. The summed E-state index contributed by atoms with van der Waals surface area (Å²) in [6.45, 7) is 3.48. The van der Waals surface area contributed by atoms with Gasteiger partial charge in [0.15, 0.2) is 5.78 Å². The van der Waals surface area contributed by atoms with Crippen molar-refractivity contribution < 1.29 is 4.79 Å². The summed E-state index contributed by atoms with van der Waals surface area (Å²) in [6, 6.07) is 3.68. The molecule has 0 N–H and O–H groups in total. The van der Waals surface area contributed by atoms with Gasteiger partial charge in [-0.3, -0.25) is 4.79 Å². The highest BCUT2D eigenvalue weighted by Gasteiger charge is 2.08. The summed E-state index contributed by atoms with van der Waals surface area (Å²) in [7, 11) is 0. The van der Waals surface area contributed by atoms with E-state index in [1.165, 1.54) is 0 Å². The number of Topliss-reactive ketones (excluding diaryl/α,β-unsaturated/α-hetero) is 1. The summed E-state index contributed by atoms with van der Waals surface area (Å²) in [5, 5.41) is 0. The summed E-state index contributed by atoms with van der Waals surface area (Å²) in [5.41, 5.74) is 2.54. The molecule has 2 aromatic heterocycles. The van der Waals surface area contributed by atoms with Crippen molar-refractivity contribution in [2.24, 2.45) is 0 Å². The molecule has 2 heterocycles. The Bertz CT molecular complexity index is 471. The lowest BCUT2D eigenvalue weighted by Gasteiger charge is -1.99. The molecule has 0 unspecified atom stereocenters. The van der Waals surface area contributed by atoms with Crippen LogP contribution in [0.25, 0.3) is 5.52 Å². The second-order valence-electron chi connectivity index (χ2n) is 3.06. The zero-order valence-corrected chi connectivity index (χ0v) is 7.61. The third kappa shape index (κ3) is 1.13. The number of pyridine rings is 1. The second kappa shape index (κ2) is 2.69. The van der Waals surface area contributed by atoms with E-state index < -0.39 is 0 Å². The molecule has 2 aromatic rings. The molecule has 0 saturated carbocycles. The Hall–Kier alpha value is -1.64. The number of aryl methyl sites for hydroxylation is 1. The van der Waals surface area contributed by atoms with Gasteiger partial charge >= 0.3 is 0 Å². The van der Waals surface area contributed by atoms with Crippen LogP contribution in [0.1, 0.15) is 23.0 Å². The van der Waals surface area contributed by atoms with Gasteiger partial charge in [-0.15, -0.1) is 0 Å². The van der Waals surface area contributed by atoms with Crippen molar-refractivity contribution in [2.75, 3.05) is 0 Å². The minimum Gasteiger partial charge on any atom is -0.305 e. The Morgan fingerprint density at radius 2 is 2.31 bits per heavy atom. The highest BCUT2D eigenvalue weighted by Crippen LogP contribution is 2.14. The average molecular weight is 174 g/mol. The van der Waals surface area contributed by atoms with E-state index in [2.05, 4.69) is 4.98 Å². The molecule has 3 heteroatoms. The first-order chi connectivity index (χ1) is 6.20. The number of hydrogen-bond acceptors (Lipinski definition) is 2. The third-order valence-corrected chi connectivity index (χ3v) is 2.12. The molecule has 0 fully saturated rings. The van der Waals surface area contributed by atoms with Gasteiger partial charge in [-0.25, -0.2) is 4.98 Å². The largest absolute Gasteiger partial charge is 0.305 e. The molecule has 0 aromatic carbocycles. The van der Waals surface area contributed by atoms with Crippen molar-refractivity contribution in [3.8, 4) is 0 Å². The third-order valence-electron chi connectivity index (χ3n) is 2.12. The van der Waals surface area contributed by atoms with Crippen LogP contribution in [0.5, 0.6) is 0 Å². The van der Waals surface area contributed by atoms with Gasteiger partial charge in [0.25, 0.3) is 0 Å². The molecular weight excluding hydrogens is 164 g/mol. The highest BCUT2D eigenvalue weighted by atomic mass is 16.1. The molecule has 0 aliphatic carbocycles. The van der Waals surface area contributed by atoms with Gasteiger partial charge in [0.05, 0.1) is 17.5 Å². The second-order valence-corrected chi connectivity index (χ2v) is 3.06. The molecule has 0 aliphatic heterocycles. The highest BCUT2D eigenvalue weighted by molar-refractivity contribution is 6.01. The van der Waals surface area contributed by atoms with Gasteiger partial charge in [0.1, 0.15) is 0 Å². The zero-order valence-electron chi connectivity index (χ0n) is 7.61. The molecule has 0 spiro atoms. The van der Waals surface area contributed by atoms with Crippen LogP contribution in [0, 0.1) is 6.92 Å². The Kier molecular flexibility index (Phi) is 1.65. The average Bonchev–Trinajstić information content (AvgIpc) is 2.48. The Balaban J connectivity index is 2.88. The number of aromatic nitrogens is 2. The topological polar surface area (TPSA) is 34.4 Å². The SMILES string of the molecule is CC(=O)c1cccn2cnc(C)c12. The summed E-state index contributed by atoms with van der Waals surface area (Å²) in [4.78, 5) is 15.4. The number of ketones is 1. The molecule has 13 heavy (non-hydrogen) atoms. The van der Waals surface area contributed by atoms with Crippen LogP contribution in [0.4, 0.5) is 0 Å². The number of carbonyl (C=O) groups excluding carboxylic acids is 1. The summed E-state index contributed by atoms with van der Waals surface area (Å²) >= 11 is 0. The van der Waals surface area contributed by atoms with Crippen molar-refractivity contribution in [1.29, 1.82) is 0 Å². The quantitative estimate of drug-likeness (QED) is 0.618. The summed E-state index contributed by atoms with van der Waals surface area (Å²) in [6.07, 6.45) is 3.61. The fraction of sp³-hybridized carbons (Fsp3) is 0.200. The molecule has 3 nitrogen and oxygen atoms in total. The maximum Gasteiger partial charge on any atom is 0.161 e. The lowest BCUT2D eigenvalue weighted by atomic mass is 10.1. The number of nitrogens with zero attached hydrogens (tertiary/aromatic N) is 2. The Morgan fingerprint density at radius 3 is 3.00 bits per heavy atom. The first-order valence-corrected chi connectivity index (χ1v) is 4.13. The van der Waals surface area contributed by atoms with Crippen LogP contribution >= 0.6 is 0 Å². The van der Waals surface area contributed by atoms with Crippen molar-refractivity contribution in [3.05, 3.63) is 35.9 Å². The fourth-order valence-corrected chi connectivity index (χ4v) is 1.50. The number of rotatable bonds is 1. The lowest BCUT2D eigenvalue weighted by molar-refractivity contribution is 0.101. The Labute approximate surface area is 76.0 Å². The standard InChI is InChI=1S/C10H10N2O/c1-7-10-9(8(2)13)4-3-5-12(10)6-11-7/h3-6H,1-2H3. The molecule has 0 saturated heterocycles. The maximum absolute atomic E-state index is 11.3. The molecule has 0 aliphatic rings. The maximum atomic E-state index is 11.3. The van der Waals surface area contributed by atoms with Gasteiger partial charge < -0.3 is 4.40 Å². The van der Waals surface area contributed by atoms with Gasteiger partial charge in [-0.1, -0.05) is 0 Å². The van der Waals surface area contributed by atoms with E-state index in [0.717, 1.165) is 16.8 Å². The summed E-state index contributed by atoms with van der Waals surface area (Å²) in [5.74, 6) is 0.0780. The van der Waals surface area contributed by atoms with Crippen LogP contribution < -0.4 is 0 Å². The van der Waals surface area contributed by atoms with E-state index in [1.54, 1.807) is 13.3 Å². The molecule has 0 radical (unpaired) electrons. The van der Waals surface area contributed by atoms with E-state index in [0.29, 0.717) is 0 Å². The van der Waals surface area contributed by atoms with Gasteiger partial charge in [0, 0.05) is 11.8 Å². The first kappa shape index (κ1) is 7.98. The number of hydrogen-bond donors (Lipinski definition) is 0. The minimum atomic E-state index is 0.0780. The van der Waals surface area contributed by atoms with Gasteiger partial charge in [0.2, 0.25) is 0 Å². The monoisotopic (exact) mass is 174 g/mol. The molecule has 66 valence electrons. The van der Waals surface area contributed by atoms with Gasteiger partial charge in [-0.05, 0) is 26.0 Å². The molecule has 0 bridgehead atoms. The number of carbonyl (C=O) groups is 1. The molecule has 2 rings (SSSR count). The Morgan fingerprint density at radius 1 is 1.54 bits per heavy atom. The first-order valence-electron chi connectivity index (χ1n) is 4.13. The van der Waals surface area contributed by atoms with Crippen molar-refractivity contribution in [3.63, 3.8) is 0 Å². The minimum absolute atomic E-state index is 0.0780. The van der Waals surface area contributed by atoms with E-state index in [1.807, 2.05) is 29.7 Å². The number of fused-ring (bicyclic) bond motifs is 1. The van der Waals surface area contributed by atoms with Crippen LogP contribution in [0.3, 0.4) is 0 Å². The van der Waals surface area contributed by atoms with Crippen LogP contribution in [-0.2, 0) is 0 Å².